The summed E-state index contributed by atoms with van der Waals surface area (Å²) in [7, 11) is 1.84. The number of anilines is 1. The number of benzene rings is 1. The lowest BCUT2D eigenvalue weighted by Gasteiger charge is -2.34. The fourth-order valence-electron chi connectivity index (χ4n) is 3.25. The SMILES string of the molecule is CN1C(=O)Cc2cc(C3(N)CCCCC3)ccc21. The molecule has 3 rings (SSSR count). The molecule has 96 valence electrons. The second-order valence-corrected chi connectivity index (χ2v) is 5.69. The van der Waals surface area contributed by atoms with Crippen LogP contribution < -0.4 is 10.6 Å². The van der Waals surface area contributed by atoms with Crippen LogP contribution >= 0.6 is 0 Å². The van der Waals surface area contributed by atoms with Crippen LogP contribution in [0, 0.1) is 0 Å². The standard InChI is InChI=1S/C15H20N2O/c1-17-13-6-5-12(9-11(13)10-14(17)18)15(16)7-3-2-4-8-15/h5-6,9H,2-4,7-8,10,16H2,1H3. The Hall–Kier alpha value is -1.35. The third-order valence-corrected chi connectivity index (χ3v) is 4.48. The molecular weight excluding hydrogens is 224 g/mol. The van der Waals surface area contributed by atoms with Gasteiger partial charge in [0.15, 0.2) is 0 Å². The number of carbonyl (C=O) groups excluding carboxylic acids is 1. The van der Waals surface area contributed by atoms with Crippen LogP contribution in [0.5, 0.6) is 0 Å². The van der Waals surface area contributed by atoms with Gasteiger partial charge in [-0.25, -0.2) is 0 Å². The van der Waals surface area contributed by atoms with E-state index in [1.54, 1.807) is 4.90 Å². The van der Waals surface area contributed by atoms with Crippen molar-refractivity contribution in [2.75, 3.05) is 11.9 Å². The number of nitrogens with zero attached hydrogens (tertiary/aromatic N) is 1. The number of amides is 1. The molecule has 1 aromatic carbocycles. The predicted molar refractivity (Wildman–Crippen MR) is 72.5 cm³/mol. The largest absolute Gasteiger partial charge is 0.321 e. The van der Waals surface area contributed by atoms with Crippen molar-refractivity contribution in [1.29, 1.82) is 0 Å². The summed E-state index contributed by atoms with van der Waals surface area (Å²) in [5, 5.41) is 0. The van der Waals surface area contributed by atoms with Gasteiger partial charge in [-0.1, -0.05) is 31.4 Å². The van der Waals surface area contributed by atoms with E-state index in [0.29, 0.717) is 6.42 Å². The molecule has 2 N–H and O–H groups in total. The Balaban J connectivity index is 1.96. The summed E-state index contributed by atoms with van der Waals surface area (Å²) in [5.41, 5.74) is 9.77. The average molecular weight is 244 g/mol. The molecule has 2 aliphatic rings. The highest BCUT2D eigenvalue weighted by molar-refractivity contribution is 6.00. The summed E-state index contributed by atoms with van der Waals surface area (Å²) in [6, 6.07) is 6.32. The summed E-state index contributed by atoms with van der Waals surface area (Å²) in [5.74, 6) is 0.178. The molecular formula is C15H20N2O. The summed E-state index contributed by atoms with van der Waals surface area (Å²) in [6.45, 7) is 0. The zero-order valence-corrected chi connectivity index (χ0v) is 10.9. The van der Waals surface area contributed by atoms with Gasteiger partial charge < -0.3 is 10.6 Å². The van der Waals surface area contributed by atoms with Crippen LogP contribution in [0.2, 0.25) is 0 Å². The van der Waals surface area contributed by atoms with E-state index in [2.05, 4.69) is 18.2 Å². The van der Waals surface area contributed by atoms with E-state index in [1.807, 2.05) is 7.05 Å². The Morgan fingerprint density at radius 3 is 2.67 bits per heavy atom. The lowest BCUT2D eigenvalue weighted by atomic mass is 9.77. The number of hydrogen-bond donors (Lipinski definition) is 1. The second-order valence-electron chi connectivity index (χ2n) is 5.69. The van der Waals surface area contributed by atoms with Crippen molar-refractivity contribution in [2.24, 2.45) is 5.73 Å². The zero-order chi connectivity index (χ0) is 12.8. The average Bonchev–Trinajstić information content (AvgIpc) is 2.66. The predicted octanol–water partition coefficient (Wildman–Crippen LogP) is 2.32. The molecule has 1 aromatic rings. The van der Waals surface area contributed by atoms with E-state index in [4.69, 9.17) is 5.73 Å². The highest BCUT2D eigenvalue weighted by Gasteiger charge is 2.32. The van der Waals surface area contributed by atoms with E-state index in [-0.39, 0.29) is 11.4 Å². The topological polar surface area (TPSA) is 46.3 Å². The lowest BCUT2D eigenvalue weighted by Crippen LogP contribution is -2.38. The Morgan fingerprint density at radius 1 is 1.22 bits per heavy atom. The van der Waals surface area contributed by atoms with Gasteiger partial charge in [0.05, 0.1) is 6.42 Å². The third-order valence-electron chi connectivity index (χ3n) is 4.48. The van der Waals surface area contributed by atoms with Crippen LogP contribution in [-0.4, -0.2) is 13.0 Å². The molecule has 1 heterocycles. The van der Waals surface area contributed by atoms with Gasteiger partial charge in [-0.3, -0.25) is 4.79 Å². The summed E-state index contributed by atoms with van der Waals surface area (Å²) in [4.78, 5) is 13.4. The molecule has 0 atom stereocenters. The van der Waals surface area contributed by atoms with Crippen molar-refractivity contribution in [1.82, 2.24) is 0 Å². The number of rotatable bonds is 1. The highest BCUT2D eigenvalue weighted by atomic mass is 16.2. The first kappa shape index (κ1) is 11.7. The Bertz CT molecular complexity index is 489. The smallest absolute Gasteiger partial charge is 0.231 e. The Morgan fingerprint density at radius 2 is 1.94 bits per heavy atom. The minimum absolute atomic E-state index is 0.169. The number of likely N-dealkylation sites (N-methyl/N-ethyl adjacent to an activating group) is 1. The molecule has 0 saturated heterocycles. The molecule has 0 radical (unpaired) electrons. The van der Waals surface area contributed by atoms with Crippen LogP contribution in [0.15, 0.2) is 18.2 Å². The first-order chi connectivity index (χ1) is 8.60. The molecule has 0 unspecified atom stereocenters. The molecule has 1 fully saturated rings. The molecule has 1 aliphatic carbocycles. The number of hydrogen-bond acceptors (Lipinski definition) is 2. The van der Waals surface area contributed by atoms with E-state index < -0.39 is 0 Å². The summed E-state index contributed by atoms with van der Waals surface area (Å²) >= 11 is 0. The van der Waals surface area contributed by atoms with Crippen molar-refractivity contribution < 1.29 is 4.79 Å². The molecule has 0 bridgehead atoms. The molecule has 1 saturated carbocycles. The van der Waals surface area contributed by atoms with E-state index >= 15 is 0 Å². The van der Waals surface area contributed by atoms with Gasteiger partial charge in [0.25, 0.3) is 0 Å². The van der Waals surface area contributed by atoms with Crippen LogP contribution in [0.1, 0.15) is 43.2 Å². The van der Waals surface area contributed by atoms with Crippen molar-refractivity contribution in [3.05, 3.63) is 29.3 Å². The number of carbonyl (C=O) groups is 1. The van der Waals surface area contributed by atoms with Gasteiger partial charge in [0.2, 0.25) is 5.91 Å². The van der Waals surface area contributed by atoms with Gasteiger partial charge in [-0.15, -0.1) is 0 Å². The van der Waals surface area contributed by atoms with Crippen LogP contribution in [0.25, 0.3) is 0 Å². The minimum atomic E-state index is -0.169. The summed E-state index contributed by atoms with van der Waals surface area (Å²) < 4.78 is 0. The molecule has 0 aromatic heterocycles. The minimum Gasteiger partial charge on any atom is -0.321 e. The highest BCUT2D eigenvalue weighted by Crippen LogP contribution is 2.38. The van der Waals surface area contributed by atoms with Gasteiger partial charge >= 0.3 is 0 Å². The molecule has 3 heteroatoms. The van der Waals surface area contributed by atoms with Gasteiger partial charge in [0, 0.05) is 18.3 Å². The van der Waals surface area contributed by atoms with Crippen molar-refractivity contribution in [3.8, 4) is 0 Å². The number of nitrogens with two attached hydrogens (primary N) is 1. The van der Waals surface area contributed by atoms with Crippen molar-refractivity contribution in [3.63, 3.8) is 0 Å². The first-order valence-corrected chi connectivity index (χ1v) is 6.79. The van der Waals surface area contributed by atoms with E-state index in [9.17, 15) is 4.79 Å². The number of fused-ring (bicyclic) bond motifs is 1. The zero-order valence-electron chi connectivity index (χ0n) is 10.9. The first-order valence-electron chi connectivity index (χ1n) is 6.79. The van der Waals surface area contributed by atoms with Gasteiger partial charge in [-0.2, -0.15) is 0 Å². The van der Waals surface area contributed by atoms with Crippen molar-refractivity contribution >= 4 is 11.6 Å². The Kier molecular flexibility index (Phi) is 2.67. The molecule has 1 aliphatic heterocycles. The lowest BCUT2D eigenvalue weighted by molar-refractivity contribution is -0.117. The third kappa shape index (κ3) is 1.74. The van der Waals surface area contributed by atoms with E-state index in [1.165, 1.54) is 24.8 Å². The fourth-order valence-corrected chi connectivity index (χ4v) is 3.25. The molecule has 0 spiro atoms. The van der Waals surface area contributed by atoms with Crippen LogP contribution in [0.3, 0.4) is 0 Å². The van der Waals surface area contributed by atoms with Gasteiger partial charge in [0.1, 0.15) is 0 Å². The van der Waals surface area contributed by atoms with Crippen molar-refractivity contribution in [2.45, 2.75) is 44.1 Å². The normalized spacial score (nSPS) is 22.1. The monoisotopic (exact) mass is 244 g/mol. The van der Waals surface area contributed by atoms with Gasteiger partial charge in [-0.05, 0) is 30.0 Å². The maximum absolute atomic E-state index is 11.7. The maximum Gasteiger partial charge on any atom is 0.231 e. The Labute approximate surface area is 108 Å². The molecule has 3 nitrogen and oxygen atoms in total. The maximum atomic E-state index is 11.7. The van der Waals surface area contributed by atoms with Crippen LogP contribution in [-0.2, 0) is 16.8 Å². The second kappa shape index (κ2) is 4.09. The molecule has 1 amide bonds. The van der Waals surface area contributed by atoms with E-state index in [0.717, 1.165) is 24.1 Å². The fraction of sp³-hybridized carbons (Fsp3) is 0.533. The quantitative estimate of drug-likeness (QED) is 0.824. The van der Waals surface area contributed by atoms with Crippen LogP contribution in [0.4, 0.5) is 5.69 Å². The molecule has 18 heavy (non-hydrogen) atoms. The summed E-state index contributed by atoms with van der Waals surface area (Å²) in [6.07, 6.45) is 6.38.